The highest BCUT2D eigenvalue weighted by Crippen LogP contribution is 1.67. The van der Waals surface area contributed by atoms with Gasteiger partial charge in [-0.3, -0.25) is 4.84 Å². The number of nitrogens with one attached hydrogen (secondary N) is 2. The molecule has 4 heteroatoms. The van der Waals surface area contributed by atoms with Crippen LogP contribution in [0.25, 0.3) is 0 Å². The highest BCUT2D eigenvalue weighted by molar-refractivity contribution is 5.72. The first-order valence-corrected chi connectivity index (χ1v) is 3.01. The van der Waals surface area contributed by atoms with Crippen molar-refractivity contribution in [1.82, 2.24) is 10.8 Å². The lowest BCUT2D eigenvalue weighted by atomic mass is 10.6. The van der Waals surface area contributed by atoms with E-state index in [0.717, 1.165) is 0 Å². The quantitative estimate of drug-likeness (QED) is 0.260. The van der Waals surface area contributed by atoms with Crippen LogP contribution in [0.2, 0.25) is 0 Å². The van der Waals surface area contributed by atoms with Crippen molar-refractivity contribution in [3.63, 3.8) is 0 Å². The molecular weight excluding hydrogens is 144 g/mol. The van der Waals surface area contributed by atoms with Crippen molar-refractivity contribution in [1.29, 1.82) is 0 Å². The van der Waals surface area contributed by atoms with Crippen molar-refractivity contribution in [3.05, 3.63) is 12.7 Å². The van der Waals surface area contributed by atoms with Gasteiger partial charge in [0.15, 0.2) is 0 Å². The second-order valence-electron chi connectivity index (χ2n) is 1.59. The topological polar surface area (TPSA) is 50.4 Å². The van der Waals surface area contributed by atoms with Gasteiger partial charge in [0.2, 0.25) is 0 Å². The summed E-state index contributed by atoms with van der Waals surface area (Å²) in [4.78, 5) is 15.1. The molecule has 0 bridgehead atoms. The van der Waals surface area contributed by atoms with Crippen molar-refractivity contribution >= 4 is 6.03 Å². The minimum absolute atomic E-state index is 0.0571. The molecule has 0 unspecified atom stereocenters. The van der Waals surface area contributed by atoms with E-state index in [9.17, 15) is 4.79 Å². The van der Waals surface area contributed by atoms with Crippen LogP contribution in [0.15, 0.2) is 12.7 Å². The van der Waals surface area contributed by atoms with Crippen LogP contribution >= 0.6 is 0 Å². The summed E-state index contributed by atoms with van der Waals surface area (Å²) in [6.45, 7) is 3.86. The van der Waals surface area contributed by atoms with Crippen LogP contribution in [0.5, 0.6) is 0 Å². The highest BCUT2D eigenvalue weighted by atomic mass is 16.7. The number of hydroxylamine groups is 1. The molecule has 11 heavy (non-hydrogen) atoms. The Morgan fingerprint density at radius 1 is 1.82 bits per heavy atom. The Bertz CT molecular complexity index is 172. The van der Waals surface area contributed by atoms with Crippen LogP contribution in [0.1, 0.15) is 0 Å². The predicted octanol–water partition coefficient (Wildman–Crippen LogP) is 0.0364. The van der Waals surface area contributed by atoms with Gasteiger partial charge in [-0.05, 0) is 0 Å². The third-order valence-corrected chi connectivity index (χ3v) is 0.727. The van der Waals surface area contributed by atoms with Gasteiger partial charge in [-0.15, -0.1) is 13.0 Å². The van der Waals surface area contributed by atoms with Gasteiger partial charge in [-0.1, -0.05) is 12.0 Å². The van der Waals surface area contributed by atoms with Crippen molar-refractivity contribution in [2.45, 2.75) is 0 Å². The summed E-state index contributed by atoms with van der Waals surface area (Å²) in [7, 11) is 0. The van der Waals surface area contributed by atoms with E-state index in [0.29, 0.717) is 6.54 Å². The third-order valence-electron chi connectivity index (χ3n) is 0.727. The van der Waals surface area contributed by atoms with Crippen molar-refractivity contribution < 1.29 is 9.63 Å². The summed E-state index contributed by atoms with van der Waals surface area (Å²) in [5.41, 5.74) is 2.08. The second kappa shape index (κ2) is 6.65. The number of carbonyl (C=O) groups excluding carboxylic acids is 1. The Morgan fingerprint density at radius 3 is 3.09 bits per heavy atom. The number of terminal acetylenes is 1. The summed E-state index contributed by atoms with van der Waals surface area (Å²) in [5, 5.41) is 2.43. The van der Waals surface area contributed by atoms with Crippen LogP contribution in [0.4, 0.5) is 4.79 Å². The Balaban J connectivity index is 3.24. The van der Waals surface area contributed by atoms with Gasteiger partial charge in [-0.25, -0.2) is 10.3 Å². The minimum Gasteiger partial charge on any atom is -0.333 e. The molecule has 0 atom stereocenters. The van der Waals surface area contributed by atoms with E-state index in [-0.39, 0.29) is 6.61 Å². The number of hydrogen-bond acceptors (Lipinski definition) is 2. The van der Waals surface area contributed by atoms with Gasteiger partial charge >= 0.3 is 6.03 Å². The highest BCUT2D eigenvalue weighted by Gasteiger charge is 1.94. The molecule has 0 aliphatic heterocycles. The molecule has 0 aromatic carbocycles. The average Bonchev–Trinajstić information content (AvgIpc) is 2.01. The fourth-order valence-corrected chi connectivity index (χ4v) is 0.344. The van der Waals surface area contributed by atoms with E-state index in [1.54, 1.807) is 6.08 Å². The molecule has 0 aliphatic carbocycles. The monoisotopic (exact) mass is 154 g/mol. The number of rotatable bonds is 4. The average molecular weight is 154 g/mol. The fourth-order valence-electron chi connectivity index (χ4n) is 0.344. The maximum atomic E-state index is 10.6. The summed E-state index contributed by atoms with van der Waals surface area (Å²) < 4.78 is 0. The molecule has 0 saturated carbocycles. The van der Waals surface area contributed by atoms with Gasteiger partial charge in [0.1, 0.15) is 6.61 Å². The van der Waals surface area contributed by atoms with Crippen molar-refractivity contribution in [2.75, 3.05) is 13.2 Å². The van der Waals surface area contributed by atoms with E-state index in [1.807, 2.05) is 0 Å². The smallest absolute Gasteiger partial charge is 0.333 e. The zero-order valence-corrected chi connectivity index (χ0v) is 6.09. The van der Waals surface area contributed by atoms with Crippen LogP contribution < -0.4 is 10.8 Å². The molecule has 0 aliphatic rings. The zero-order chi connectivity index (χ0) is 8.53. The summed E-state index contributed by atoms with van der Waals surface area (Å²) in [5.74, 6) is 2.19. The van der Waals surface area contributed by atoms with E-state index >= 15 is 0 Å². The van der Waals surface area contributed by atoms with Crippen LogP contribution in [-0.2, 0) is 4.84 Å². The number of amides is 2. The molecule has 2 amide bonds. The van der Waals surface area contributed by atoms with E-state index in [2.05, 4.69) is 28.1 Å². The first kappa shape index (κ1) is 9.53. The summed E-state index contributed by atoms with van der Waals surface area (Å²) >= 11 is 0. The molecule has 0 radical (unpaired) electrons. The minimum atomic E-state index is -0.430. The molecule has 0 aromatic rings. The maximum absolute atomic E-state index is 10.6. The van der Waals surface area contributed by atoms with E-state index < -0.39 is 6.03 Å². The molecule has 0 saturated heterocycles. The van der Waals surface area contributed by atoms with Gasteiger partial charge in [0, 0.05) is 6.54 Å². The van der Waals surface area contributed by atoms with E-state index in [1.165, 1.54) is 0 Å². The lowest BCUT2D eigenvalue weighted by Gasteiger charge is -2.02. The lowest BCUT2D eigenvalue weighted by molar-refractivity contribution is 0.0854. The largest absolute Gasteiger partial charge is 0.338 e. The Morgan fingerprint density at radius 2 is 2.55 bits per heavy atom. The summed E-state index contributed by atoms with van der Waals surface area (Å²) in [6, 6.07) is -0.430. The molecule has 0 spiro atoms. The van der Waals surface area contributed by atoms with Gasteiger partial charge in [0.05, 0.1) is 0 Å². The first-order valence-electron chi connectivity index (χ1n) is 3.01. The second-order valence-corrected chi connectivity index (χ2v) is 1.59. The normalized spacial score (nSPS) is 7.91. The van der Waals surface area contributed by atoms with Crippen LogP contribution in [-0.4, -0.2) is 19.2 Å². The molecule has 2 N–H and O–H groups in total. The van der Waals surface area contributed by atoms with E-state index in [4.69, 9.17) is 6.42 Å². The molecular formula is C7H10N2O2. The Hall–Kier alpha value is -1.47. The van der Waals surface area contributed by atoms with Gasteiger partial charge in [-0.2, -0.15) is 0 Å². The molecule has 0 heterocycles. The fraction of sp³-hybridized carbons (Fsp3) is 0.286. The molecule has 60 valence electrons. The van der Waals surface area contributed by atoms with Crippen LogP contribution in [0.3, 0.4) is 0 Å². The maximum Gasteiger partial charge on any atom is 0.338 e. The standard InChI is InChI=1S/C7H10N2O2/c1-3-5-8-7(10)9-11-6-4-2/h2-3H,1,5-6H2,(H2,8,9,10). The SMILES string of the molecule is C#CCONC(=O)NCC=C. The first-order chi connectivity index (χ1) is 5.31. The number of urea groups is 1. The summed E-state index contributed by atoms with van der Waals surface area (Å²) in [6.07, 6.45) is 6.41. The lowest BCUT2D eigenvalue weighted by Crippen LogP contribution is -2.35. The van der Waals surface area contributed by atoms with Crippen LogP contribution in [0, 0.1) is 12.3 Å². The Kier molecular flexibility index (Phi) is 5.76. The predicted molar refractivity (Wildman–Crippen MR) is 41.5 cm³/mol. The molecule has 0 fully saturated rings. The molecule has 4 nitrogen and oxygen atoms in total. The van der Waals surface area contributed by atoms with Crippen molar-refractivity contribution in [3.8, 4) is 12.3 Å². The Labute approximate surface area is 65.6 Å². The van der Waals surface area contributed by atoms with Crippen molar-refractivity contribution in [2.24, 2.45) is 0 Å². The third kappa shape index (κ3) is 6.41. The molecule has 0 rings (SSSR count). The van der Waals surface area contributed by atoms with Gasteiger partial charge in [0.25, 0.3) is 0 Å². The molecule has 0 aromatic heterocycles. The number of hydrogen-bond donors (Lipinski definition) is 2. The number of carbonyl (C=O) groups is 1. The zero-order valence-electron chi connectivity index (χ0n) is 6.09. The van der Waals surface area contributed by atoms with Gasteiger partial charge < -0.3 is 5.32 Å².